The molecule has 12 heteroatoms. The van der Waals surface area contributed by atoms with Crippen molar-refractivity contribution in [3.8, 4) is 5.75 Å². The number of nitrogens with one attached hydrogen (secondary N) is 2. The number of ketones is 1. The van der Waals surface area contributed by atoms with E-state index >= 15 is 0 Å². The molecule has 2 amide bonds. The summed E-state index contributed by atoms with van der Waals surface area (Å²) in [5, 5.41) is 5.84. The number of methoxy groups -OCH3 is 1. The molecule has 0 aromatic heterocycles. The average molecular weight is 658 g/mol. The van der Waals surface area contributed by atoms with E-state index in [1.807, 2.05) is 0 Å². The van der Waals surface area contributed by atoms with Gasteiger partial charge in [-0.05, 0) is 59.0 Å². The van der Waals surface area contributed by atoms with E-state index in [-0.39, 0.29) is 17.9 Å². The third-order valence-corrected chi connectivity index (χ3v) is 7.73. The van der Waals surface area contributed by atoms with Crippen molar-refractivity contribution in [2.75, 3.05) is 7.11 Å². The van der Waals surface area contributed by atoms with Crippen molar-refractivity contribution in [1.82, 2.24) is 10.6 Å². The van der Waals surface area contributed by atoms with Crippen LogP contribution in [0.1, 0.15) is 42.9 Å². The van der Waals surface area contributed by atoms with E-state index < -0.39 is 47.7 Å². The number of carbonyl (C=O) groups is 3. The second kappa shape index (κ2) is 14.9. The lowest BCUT2D eigenvalue weighted by Gasteiger charge is -2.26. The molecule has 2 unspecified atom stereocenters. The van der Waals surface area contributed by atoms with Crippen LogP contribution in [-0.4, -0.2) is 43.0 Å². The van der Waals surface area contributed by atoms with Crippen LogP contribution in [0.3, 0.4) is 0 Å². The predicted molar refractivity (Wildman–Crippen MR) is 161 cm³/mol. The first-order valence-electron chi connectivity index (χ1n) is 13.2. The topological polar surface area (TPSA) is 84.5 Å². The summed E-state index contributed by atoms with van der Waals surface area (Å²) >= 11 is 18.5. The zero-order valence-corrected chi connectivity index (χ0v) is 25.7. The fourth-order valence-corrected chi connectivity index (χ4v) is 5.03. The van der Waals surface area contributed by atoms with E-state index in [1.165, 1.54) is 21.0 Å². The van der Waals surface area contributed by atoms with Gasteiger partial charge in [-0.2, -0.15) is 13.2 Å². The molecular formula is C31H30Cl3F3N2O4. The van der Waals surface area contributed by atoms with Gasteiger partial charge in [-0.3, -0.25) is 14.4 Å². The van der Waals surface area contributed by atoms with Crippen LogP contribution in [0, 0.1) is 5.92 Å². The van der Waals surface area contributed by atoms with Gasteiger partial charge < -0.3 is 15.4 Å². The Bertz CT molecular complexity index is 1450. The minimum absolute atomic E-state index is 0.0941. The van der Waals surface area contributed by atoms with Crippen LogP contribution in [0.5, 0.6) is 5.75 Å². The van der Waals surface area contributed by atoms with Gasteiger partial charge in [0, 0.05) is 23.8 Å². The molecule has 0 fully saturated rings. The smallest absolute Gasteiger partial charge is 0.452 e. The summed E-state index contributed by atoms with van der Waals surface area (Å²) in [6.07, 6.45) is -5.40. The summed E-state index contributed by atoms with van der Waals surface area (Å²) in [4.78, 5) is 39.0. The summed E-state index contributed by atoms with van der Waals surface area (Å²) in [5.74, 6) is -4.40. The van der Waals surface area contributed by atoms with E-state index in [2.05, 4.69) is 10.6 Å². The van der Waals surface area contributed by atoms with E-state index in [0.717, 1.165) is 5.56 Å². The van der Waals surface area contributed by atoms with Crippen molar-refractivity contribution >= 4 is 52.4 Å². The lowest BCUT2D eigenvalue weighted by atomic mass is 9.88. The van der Waals surface area contributed by atoms with Crippen LogP contribution in [0.15, 0.2) is 66.7 Å². The number of ether oxygens (including phenoxy) is 1. The van der Waals surface area contributed by atoms with Crippen LogP contribution in [0.25, 0.3) is 0 Å². The Hall–Kier alpha value is -3.27. The zero-order valence-electron chi connectivity index (χ0n) is 23.5. The van der Waals surface area contributed by atoms with Gasteiger partial charge in [-0.15, -0.1) is 0 Å². The van der Waals surface area contributed by atoms with Crippen LogP contribution < -0.4 is 15.4 Å². The highest BCUT2D eigenvalue weighted by Crippen LogP contribution is 2.33. The number of Topliss-reactive ketones (excluding diaryl/α,β-unsaturated/α-hetero) is 1. The van der Waals surface area contributed by atoms with Crippen molar-refractivity contribution in [2.45, 2.75) is 50.9 Å². The molecule has 0 aliphatic carbocycles. The Morgan fingerprint density at radius 2 is 1.51 bits per heavy atom. The van der Waals surface area contributed by atoms with E-state index in [4.69, 9.17) is 39.5 Å². The van der Waals surface area contributed by atoms with E-state index in [1.54, 1.807) is 66.7 Å². The van der Waals surface area contributed by atoms with Crippen molar-refractivity contribution < 1.29 is 32.3 Å². The summed E-state index contributed by atoms with van der Waals surface area (Å²) in [7, 11) is 1.52. The van der Waals surface area contributed by atoms with Gasteiger partial charge in [0.2, 0.25) is 11.8 Å². The quantitative estimate of drug-likeness (QED) is 0.216. The fraction of sp³-hybridized carbons (Fsp3) is 0.323. The molecule has 0 heterocycles. The molecular weight excluding hydrogens is 628 g/mol. The molecule has 6 nitrogen and oxygen atoms in total. The van der Waals surface area contributed by atoms with E-state index in [9.17, 15) is 27.6 Å². The van der Waals surface area contributed by atoms with Gasteiger partial charge in [0.05, 0.1) is 23.2 Å². The summed E-state index contributed by atoms with van der Waals surface area (Å²) in [6, 6.07) is 15.3. The molecule has 3 rings (SSSR count). The van der Waals surface area contributed by atoms with Crippen molar-refractivity contribution in [2.24, 2.45) is 5.92 Å². The maximum absolute atomic E-state index is 13.5. The molecule has 2 N–H and O–H groups in total. The first-order valence-corrected chi connectivity index (χ1v) is 14.4. The molecule has 0 bridgehead atoms. The third-order valence-electron chi connectivity index (χ3n) is 6.76. The molecule has 230 valence electrons. The molecule has 3 atom stereocenters. The van der Waals surface area contributed by atoms with Gasteiger partial charge in [0.15, 0.2) is 0 Å². The highest BCUT2D eigenvalue weighted by atomic mass is 35.5. The zero-order chi connectivity index (χ0) is 31.9. The van der Waals surface area contributed by atoms with Gasteiger partial charge in [-0.1, -0.05) is 79.0 Å². The second-order valence-electron chi connectivity index (χ2n) is 10.2. The average Bonchev–Trinajstić information content (AvgIpc) is 2.94. The Morgan fingerprint density at radius 3 is 2.07 bits per heavy atom. The number of amides is 2. The van der Waals surface area contributed by atoms with Gasteiger partial charge >= 0.3 is 6.18 Å². The lowest BCUT2D eigenvalue weighted by Crippen LogP contribution is -2.56. The Labute approximate surface area is 262 Å². The number of carbonyl (C=O) groups excluding carboxylic acids is 3. The number of benzene rings is 3. The first-order chi connectivity index (χ1) is 20.2. The Kier molecular flexibility index (Phi) is 11.9. The summed E-state index contributed by atoms with van der Waals surface area (Å²) < 4.78 is 45.0. The van der Waals surface area contributed by atoms with Crippen LogP contribution in [0.2, 0.25) is 15.1 Å². The van der Waals surface area contributed by atoms with Crippen LogP contribution in [0.4, 0.5) is 13.2 Å². The highest BCUT2D eigenvalue weighted by molar-refractivity contribution is 6.42. The molecule has 0 aliphatic rings. The first kappa shape index (κ1) is 34.2. The van der Waals surface area contributed by atoms with Gasteiger partial charge in [0.25, 0.3) is 5.78 Å². The highest BCUT2D eigenvalue weighted by Gasteiger charge is 2.45. The minimum atomic E-state index is -5.15. The van der Waals surface area contributed by atoms with E-state index in [0.29, 0.717) is 26.9 Å². The van der Waals surface area contributed by atoms with Crippen molar-refractivity contribution in [3.05, 3.63) is 98.5 Å². The minimum Gasteiger partial charge on any atom is -0.497 e. The second-order valence-corrected chi connectivity index (χ2v) is 11.5. The Morgan fingerprint density at radius 1 is 0.860 bits per heavy atom. The molecule has 43 heavy (non-hydrogen) atoms. The fourth-order valence-electron chi connectivity index (χ4n) is 4.51. The maximum Gasteiger partial charge on any atom is 0.452 e. The van der Waals surface area contributed by atoms with Crippen molar-refractivity contribution in [1.29, 1.82) is 0 Å². The number of hydrogen-bond donors (Lipinski definition) is 2. The number of halogens is 6. The summed E-state index contributed by atoms with van der Waals surface area (Å²) in [6.45, 7) is 2.77. The molecule has 0 saturated carbocycles. The monoisotopic (exact) mass is 656 g/mol. The largest absolute Gasteiger partial charge is 0.497 e. The molecule has 0 saturated heterocycles. The predicted octanol–water partition coefficient (Wildman–Crippen LogP) is 7.18. The lowest BCUT2D eigenvalue weighted by molar-refractivity contribution is -0.175. The van der Waals surface area contributed by atoms with Crippen LogP contribution in [-0.2, 0) is 20.8 Å². The molecule has 3 aromatic rings. The molecule has 0 radical (unpaired) electrons. The van der Waals surface area contributed by atoms with Gasteiger partial charge in [-0.25, -0.2) is 0 Å². The van der Waals surface area contributed by atoms with Crippen LogP contribution >= 0.6 is 34.8 Å². The Balaban J connectivity index is 1.92. The summed E-state index contributed by atoms with van der Waals surface area (Å²) in [5.41, 5.74) is 1.95. The number of alkyl halides is 3. The normalized spacial score (nSPS) is 13.6. The molecule has 0 spiro atoms. The third kappa shape index (κ3) is 9.61. The number of hydrogen-bond acceptors (Lipinski definition) is 4. The standard InChI is InChI=1S/C31H30Cl3F3N2O4/c1-17(2)28(29(41)31(35,36)37)39-30(42)26(14-18-5-4-6-21(32)13-18)38-27(40)16-23(19-7-10-22(43-3)11-8-19)20-9-12-24(33)25(34)15-20/h4-13,15,17,23,26,28H,14,16H2,1-3H3,(H,38,40)(H,39,42)/t23?,26?,28-/m0/s1. The molecule has 0 aliphatic heterocycles. The molecule has 3 aromatic carbocycles. The SMILES string of the molecule is COc1ccc(C(CC(=O)NC(Cc2cccc(Cl)c2)C(=O)N[C@H](C(=O)C(F)(F)F)C(C)C)c2ccc(Cl)c(Cl)c2)cc1. The number of rotatable bonds is 12. The van der Waals surface area contributed by atoms with Crippen molar-refractivity contribution in [3.63, 3.8) is 0 Å². The van der Waals surface area contributed by atoms with Gasteiger partial charge in [0.1, 0.15) is 11.8 Å². The maximum atomic E-state index is 13.5.